The van der Waals surface area contributed by atoms with Gasteiger partial charge in [0.25, 0.3) is 0 Å². The molecule has 1 aromatic heterocycles. The highest BCUT2D eigenvalue weighted by Crippen LogP contribution is 2.26. The minimum absolute atomic E-state index is 0.103. The van der Waals surface area contributed by atoms with Crippen molar-refractivity contribution >= 4 is 26.8 Å². The highest BCUT2D eigenvalue weighted by molar-refractivity contribution is 7.89. The Balaban J connectivity index is 1.32. The molecule has 0 atom stereocenters. The minimum atomic E-state index is -4.84. The number of nitrogens with one attached hydrogen (secondary N) is 1. The minimum Gasteiger partial charge on any atom is -0.406 e. The Morgan fingerprint density at radius 1 is 1.06 bits per heavy atom. The second-order valence-electron chi connectivity index (χ2n) is 7.05. The molecule has 0 aliphatic carbocycles. The average Bonchev–Trinajstić information content (AvgIpc) is 3.16. The number of piperidine rings is 1. The smallest absolute Gasteiger partial charge is 0.406 e. The maximum absolute atomic E-state index is 12.8. The summed E-state index contributed by atoms with van der Waals surface area (Å²) in [5.41, 5.74) is 2.45. The van der Waals surface area contributed by atoms with Gasteiger partial charge in [-0.15, -0.1) is 13.2 Å². The van der Waals surface area contributed by atoms with Crippen molar-refractivity contribution in [2.75, 3.05) is 13.1 Å². The number of imidazole rings is 1. The van der Waals surface area contributed by atoms with E-state index in [9.17, 15) is 21.6 Å². The zero-order valence-corrected chi connectivity index (χ0v) is 17.5. The summed E-state index contributed by atoms with van der Waals surface area (Å²) in [6.45, 7) is 0.540. The summed E-state index contributed by atoms with van der Waals surface area (Å²) in [5, 5.41) is 4.10. The molecule has 1 N–H and O–H groups in total. The zero-order chi connectivity index (χ0) is 22.8. The van der Waals surface area contributed by atoms with E-state index in [0.717, 1.165) is 41.0 Å². The van der Waals surface area contributed by atoms with Gasteiger partial charge in [0.05, 0.1) is 21.6 Å². The van der Waals surface area contributed by atoms with Crippen molar-refractivity contribution in [2.24, 2.45) is 5.16 Å². The Labute approximate surface area is 181 Å². The van der Waals surface area contributed by atoms with Gasteiger partial charge in [0.2, 0.25) is 10.0 Å². The molecule has 1 saturated heterocycles. The number of ether oxygens (including phenoxy) is 1. The van der Waals surface area contributed by atoms with E-state index < -0.39 is 22.1 Å². The Morgan fingerprint density at radius 3 is 2.41 bits per heavy atom. The van der Waals surface area contributed by atoms with Gasteiger partial charge in [-0.2, -0.15) is 4.31 Å². The highest BCUT2D eigenvalue weighted by atomic mass is 32.2. The Morgan fingerprint density at radius 2 is 1.75 bits per heavy atom. The number of alkyl halides is 3. The fourth-order valence-corrected chi connectivity index (χ4v) is 4.74. The molecule has 1 aliphatic heterocycles. The number of hydrogen-bond acceptors (Lipinski definition) is 6. The van der Waals surface area contributed by atoms with Crippen LogP contribution in [0.3, 0.4) is 0 Å². The van der Waals surface area contributed by atoms with Crippen LogP contribution >= 0.6 is 0 Å². The first-order valence-corrected chi connectivity index (χ1v) is 11.1. The molecule has 0 unspecified atom stereocenters. The molecule has 8 nitrogen and oxygen atoms in total. The third-order valence-electron chi connectivity index (χ3n) is 4.83. The van der Waals surface area contributed by atoms with Gasteiger partial charge in [-0.05, 0) is 36.4 Å². The lowest BCUT2D eigenvalue weighted by Gasteiger charge is -2.26. The van der Waals surface area contributed by atoms with Gasteiger partial charge in [0.15, 0.2) is 6.61 Å². The molecule has 170 valence electrons. The molecular formula is C20H19F3N4O4S. The van der Waals surface area contributed by atoms with Crippen molar-refractivity contribution in [3.63, 3.8) is 0 Å². The first kappa shape index (κ1) is 22.1. The number of nitrogens with zero attached hydrogens (tertiary/aromatic N) is 3. The summed E-state index contributed by atoms with van der Waals surface area (Å²) in [4.78, 5) is 12.8. The maximum atomic E-state index is 12.8. The maximum Gasteiger partial charge on any atom is 0.573 e. The number of aromatic amines is 1. The summed E-state index contributed by atoms with van der Waals surface area (Å²) >= 11 is 0. The van der Waals surface area contributed by atoms with Crippen LogP contribution in [0.2, 0.25) is 0 Å². The van der Waals surface area contributed by atoms with Gasteiger partial charge in [-0.3, -0.25) is 0 Å². The van der Waals surface area contributed by atoms with Gasteiger partial charge >= 0.3 is 6.36 Å². The van der Waals surface area contributed by atoms with Crippen molar-refractivity contribution in [3.8, 4) is 5.75 Å². The SMILES string of the molecule is O=S(=O)(c1ccc(OC(F)(F)F)cc1)N1CCC(=NOCc2nc3ccccc3[nH]2)CC1. The van der Waals surface area contributed by atoms with E-state index in [-0.39, 0.29) is 24.6 Å². The summed E-state index contributed by atoms with van der Waals surface area (Å²) in [7, 11) is -3.84. The molecule has 0 saturated carbocycles. The summed E-state index contributed by atoms with van der Waals surface area (Å²) in [6.07, 6.45) is -4.07. The number of aromatic nitrogens is 2. The lowest BCUT2D eigenvalue weighted by Crippen LogP contribution is -2.38. The first-order valence-electron chi connectivity index (χ1n) is 9.68. The molecule has 2 aromatic carbocycles. The topological polar surface area (TPSA) is 96.9 Å². The molecule has 3 aromatic rings. The molecule has 1 aliphatic rings. The molecule has 4 rings (SSSR count). The van der Waals surface area contributed by atoms with Crippen LogP contribution in [0.4, 0.5) is 13.2 Å². The van der Waals surface area contributed by atoms with Gasteiger partial charge in [-0.1, -0.05) is 17.3 Å². The molecule has 0 amide bonds. The van der Waals surface area contributed by atoms with Gasteiger partial charge < -0.3 is 14.6 Å². The van der Waals surface area contributed by atoms with Gasteiger partial charge in [0.1, 0.15) is 11.6 Å². The van der Waals surface area contributed by atoms with E-state index in [4.69, 9.17) is 4.84 Å². The van der Waals surface area contributed by atoms with Crippen molar-refractivity contribution in [3.05, 3.63) is 54.4 Å². The van der Waals surface area contributed by atoms with Crippen molar-refractivity contribution < 1.29 is 31.2 Å². The van der Waals surface area contributed by atoms with E-state index in [2.05, 4.69) is 19.9 Å². The normalized spacial score (nSPS) is 15.7. The number of rotatable bonds is 6. The standard InChI is InChI=1S/C20H19F3N4O4S/c21-20(22,23)31-15-5-7-16(8-6-15)32(28,29)27-11-9-14(10-12-27)26-30-13-19-24-17-3-1-2-4-18(17)25-19/h1-8H,9-13H2,(H,24,25). The van der Waals surface area contributed by atoms with Crippen molar-refractivity contribution in [1.82, 2.24) is 14.3 Å². The predicted molar refractivity (Wildman–Crippen MR) is 109 cm³/mol. The van der Waals surface area contributed by atoms with Crippen LogP contribution in [-0.4, -0.2) is 47.9 Å². The number of para-hydroxylation sites is 2. The fraction of sp³-hybridized carbons (Fsp3) is 0.300. The molecule has 2 heterocycles. The number of fused-ring (bicyclic) bond motifs is 1. The van der Waals surface area contributed by atoms with Crippen LogP contribution in [0.5, 0.6) is 5.75 Å². The second kappa shape index (κ2) is 8.79. The third kappa shape index (κ3) is 5.19. The molecule has 0 bridgehead atoms. The van der Waals surface area contributed by atoms with Gasteiger partial charge in [-0.25, -0.2) is 13.4 Å². The Bertz CT molecular complexity index is 1180. The average molecular weight is 468 g/mol. The van der Waals surface area contributed by atoms with Crippen molar-refractivity contribution in [2.45, 2.75) is 30.7 Å². The quantitative estimate of drug-likeness (QED) is 0.555. The Hall–Kier alpha value is -3.12. The monoisotopic (exact) mass is 468 g/mol. The van der Waals surface area contributed by atoms with Crippen LogP contribution < -0.4 is 4.74 Å². The van der Waals surface area contributed by atoms with Crippen LogP contribution in [0.15, 0.2) is 58.6 Å². The second-order valence-corrected chi connectivity index (χ2v) is 8.99. The predicted octanol–water partition coefficient (Wildman–Crippen LogP) is 3.82. The fourth-order valence-electron chi connectivity index (χ4n) is 3.30. The number of oxime groups is 1. The number of hydrogen-bond donors (Lipinski definition) is 1. The van der Waals surface area contributed by atoms with E-state index in [1.807, 2.05) is 24.3 Å². The highest BCUT2D eigenvalue weighted by Gasteiger charge is 2.32. The lowest BCUT2D eigenvalue weighted by atomic mass is 10.1. The van der Waals surface area contributed by atoms with Crippen LogP contribution in [-0.2, 0) is 21.5 Å². The Kier molecular flexibility index (Phi) is 6.07. The van der Waals surface area contributed by atoms with Crippen LogP contribution in [0.1, 0.15) is 18.7 Å². The summed E-state index contributed by atoms with van der Waals surface area (Å²) < 4.78 is 67.3. The number of benzene rings is 2. The van der Waals surface area contributed by atoms with Crippen LogP contribution in [0, 0.1) is 0 Å². The first-order chi connectivity index (χ1) is 15.2. The van der Waals surface area contributed by atoms with Gasteiger partial charge in [0, 0.05) is 25.9 Å². The molecular weight excluding hydrogens is 449 g/mol. The molecule has 1 fully saturated rings. The molecule has 0 radical (unpaired) electrons. The van der Waals surface area contributed by atoms with E-state index in [1.165, 1.54) is 4.31 Å². The number of sulfonamides is 1. The lowest BCUT2D eigenvalue weighted by molar-refractivity contribution is -0.274. The zero-order valence-electron chi connectivity index (χ0n) is 16.7. The van der Waals surface area contributed by atoms with E-state index in [0.29, 0.717) is 18.7 Å². The molecule has 0 spiro atoms. The van der Waals surface area contributed by atoms with E-state index >= 15 is 0 Å². The molecule has 32 heavy (non-hydrogen) atoms. The summed E-state index contributed by atoms with van der Waals surface area (Å²) in [5.74, 6) is 0.152. The summed E-state index contributed by atoms with van der Waals surface area (Å²) in [6, 6.07) is 11.7. The third-order valence-corrected chi connectivity index (χ3v) is 6.74. The van der Waals surface area contributed by atoms with Crippen LogP contribution in [0.25, 0.3) is 11.0 Å². The van der Waals surface area contributed by atoms with Crippen molar-refractivity contribution in [1.29, 1.82) is 0 Å². The largest absolute Gasteiger partial charge is 0.573 e. The molecule has 12 heteroatoms. The number of halogens is 3. The van der Waals surface area contributed by atoms with E-state index in [1.54, 1.807) is 0 Å². The number of H-pyrrole nitrogens is 1.